The summed E-state index contributed by atoms with van der Waals surface area (Å²) in [6.45, 7) is 1.22. The van der Waals surface area contributed by atoms with Crippen LogP contribution in [0.5, 0.6) is 0 Å². The Labute approximate surface area is 118 Å². The van der Waals surface area contributed by atoms with Crippen LogP contribution in [0.3, 0.4) is 0 Å². The Kier molecular flexibility index (Phi) is 5.12. The predicted octanol–water partition coefficient (Wildman–Crippen LogP) is 1.53. The van der Waals surface area contributed by atoms with Gasteiger partial charge in [0.15, 0.2) is 0 Å². The van der Waals surface area contributed by atoms with E-state index >= 15 is 0 Å². The highest BCUT2D eigenvalue weighted by Crippen LogP contribution is 2.19. The number of carbonyl (C=O) groups is 2. The summed E-state index contributed by atoms with van der Waals surface area (Å²) in [7, 11) is 0. The molecule has 0 unspecified atom stereocenters. The van der Waals surface area contributed by atoms with Crippen molar-refractivity contribution in [2.45, 2.75) is 19.4 Å². The smallest absolute Gasteiger partial charge is 0.323 e. The molecule has 1 saturated heterocycles. The summed E-state index contributed by atoms with van der Waals surface area (Å²) < 4.78 is 5.24. The van der Waals surface area contributed by atoms with Crippen molar-refractivity contribution in [3.8, 4) is 0 Å². The zero-order chi connectivity index (χ0) is 14.4. The summed E-state index contributed by atoms with van der Waals surface area (Å²) in [6, 6.07) is 9.45. The van der Waals surface area contributed by atoms with Gasteiger partial charge in [-0.25, -0.2) is 0 Å². The molecule has 5 heteroatoms. The second-order valence-corrected chi connectivity index (χ2v) is 4.96. The van der Waals surface area contributed by atoms with E-state index in [4.69, 9.17) is 9.84 Å². The quantitative estimate of drug-likeness (QED) is 0.886. The summed E-state index contributed by atoms with van der Waals surface area (Å²) in [6.07, 6.45) is 1.34. The molecule has 0 aromatic heterocycles. The zero-order valence-electron chi connectivity index (χ0n) is 11.3. The molecule has 1 heterocycles. The van der Waals surface area contributed by atoms with E-state index in [-0.39, 0.29) is 18.4 Å². The Morgan fingerprint density at radius 2 is 1.85 bits per heavy atom. The van der Waals surface area contributed by atoms with Crippen LogP contribution in [0, 0.1) is 5.92 Å². The van der Waals surface area contributed by atoms with Crippen LogP contribution in [0.15, 0.2) is 30.3 Å². The maximum Gasteiger partial charge on any atom is 0.323 e. The van der Waals surface area contributed by atoms with Gasteiger partial charge < -0.3 is 14.7 Å². The lowest BCUT2D eigenvalue weighted by Gasteiger charge is -2.28. The number of aliphatic carboxylic acids is 1. The number of hydrogen-bond donors (Lipinski definition) is 1. The molecule has 1 aromatic carbocycles. The standard InChI is InChI=1S/C15H19NO4/c17-14(18)11-16(10-12-4-2-1-3-5-12)15(19)13-6-8-20-9-7-13/h1-5,13H,6-11H2,(H,17,18). The highest BCUT2D eigenvalue weighted by molar-refractivity contribution is 5.83. The van der Waals surface area contributed by atoms with Crippen molar-refractivity contribution in [3.63, 3.8) is 0 Å². The average molecular weight is 277 g/mol. The van der Waals surface area contributed by atoms with Gasteiger partial charge in [0.25, 0.3) is 0 Å². The van der Waals surface area contributed by atoms with Gasteiger partial charge in [-0.15, -0.1) is 0 Å². The van der Waals surface area contributed by atoms with Crippen molar-refractivity contribution in [1.29, 1.82) is 0 Å². The summed E-state index contributed by atoms with van der Waals surface area (Å²) in [5.74, 6) is -1.19. The Morgan fingerprint density at radius 3 is 2.45 bits per heavy atom. The third-order valence-corrected chi connectivity index (χ3v) is 3.42. The van der Waals surface area contributed by atoms with E-state index in [1.54, 1.807) is 0 Å². The maximum atomic E-state index is 12.4. The molecular formula is C15H19NO4. The zero-order valence-corrected chi connectivity index (χ0v) is 11.3. The third kappa shape index (κ3) is 4.06. The fourth-order valence-corrected chi connectivity index (χ4v) is 2.38. The van der Waals surface area contributed by atoms with Gasteiger partial charge in [0, 0.05) is 25.7 Å². The van der Waals surface area contributed by atoms with Gasteiger partial charge in [-0.05, 0) is 18.4 Å². The van der Waals surface area contributed by atoms with Gasteiger partial charge in [0.1, 0.15) is 6.54 Å². The van der Waals surface area contributed by atoms with Crippen molar-refractivity contribution in [3.05, 3.63) is 35.9 Å². The number of amides is 1. The van der Waals surface area contributed by atoms with E-state index in [0.29, 0.717) is 32.6 Å². The van der Waals surface area contributed by atoms with Crippen LogP contribution in [0.1, 0.15) is 18.4 Å². The fourth-order valence-electron chi connectivity index (χ4n) is 2.38. The van der Waals surface area contributed by atoms with Crippen LogP contribution in [-0.2, 0) is 20.9 Å². The number of carboxylic acid groups (broad SMARTS) is 1. The van der Waals surface area contributed by atoms with Crippen LogP contribution in [0.4, 0.5) is 0 Å². The van der Waals surface area contributed by atoms with Crippen LogP contribution >= 0.6 is 0 Å². The minimum Gasteiger partial charge on any atom is -0.480 e. The van der Waals surface area contributed by atoms with Gasteiger partial charge >= 0.3 is 5.97 Å². The van der Waals surface area contributed by atoms with Gasteiger partial charge in [0.2, 0.25) is 5.91 Å². The molecule has 0 aliphatic carbocycles. The topological polar surface area (TPSA) is 66.8 Å². The molecule has 0 radical (unpaired) electrons. The molecule has 20 heavy (non-hydrogen) atoms. The van der Waals surface area contributed by atoms with Crippen LogP contribution in [0.25, 0.3) is 0 Å². The van der Waals surface area contributed by atoms with Crippen LogP contribution in [-0.4, -0.2) is 41.6 Å². The Balaban J connectivity index is 2.05. The van der Waals surface area contributed by atoms with E-state index in [0.717, 1.165) is 5.56 Å². The Hall–Kier alpha value is -1.88. The molecule has 5 nitrogen and oxygen atoms in total. The van der Waals surface area contributed by atoms with Crippen molar-refractivity contribution >= 4 is 11.9 Å². The first-order chi connectivity index (χ1) is 9.66. The van der Waals surface area contributed by atoms with Crippen LogP contribution < -0.4 is 0 Å². The monoisotopic (exact) mass is 277 g/mol. The molecule has 0 spiro atoms. The molecule has 108 valence electrons. The minimum absolute atomic E-state index is 0.0837. The number of carbonyl (C=O) groups excluding carboxylic acids is 1. The van der Waals surface area contributed by atoms with Gasteiger partial charge in [-0.3, -0.25) is 9.59 Å². The SMILES string of the molecule is O=C(O)CN(Cc1ccccc1)C(=O)C1CCOCC1. The van der Waals surface area contributed by atoms with Crippen molar-refractivity contribution in [2.75, 3.05) is 19.8 Å². The fraction of sp³-hybridized carbons (Fsp3) is 0.467. The normalized spacial score (nSPS) is 15.8. The largest absolute Gasteiger partial charge is 0.480 e. The second kappa shape index (κ2) is 7.05. The Morgan fingerprint density at radius 1 is 1.20 bits per heavy atom. The lowest BCUT2D eigenvalue weighted by Crippen LogP contribution is -2.40. The summed E-state index contributed by atoms with van der Waals surface area (Å²) in [4.78, 5) is 24.8. The molecule has 1 fully saturated rings. The van der Waals surface area contributed by atoms with E-state index in [1.807, 2.05) is 30.3 Å². The van der Waals surface area contributed by atoms with Crippen molar-refractivity contribution in [2.24, 2.45) is 5.92 Å². The number of ether oxygens (including phenoxy) is 1. The van der Waals surface area contributed by atoms with E-state index < -0.39 is 5.97 Å². The lowest BCUT2D eigenvalue weighted by atomic mass is 9.98. The minimum atomic E-state index is -0.985. The number of carboxylic acids is 1. The lowest BCUT2D eigenvalue weighted by molar-refractivity contribution is -0.148. The van der Waals surface area contributed by atoms with E-state index in [2.05, 4.69) is 0 Å². The average Bonchev–Trinajstić information content (AvgIpc) is 2.47. The third-order valence-electron chi connectivity index (χ3n) is 3.42. The van der Waals surface area contributed by atoms with E-state index in [1.165, 1.54) is 4.90 Å². The molecule has 1 amide bonds. The second-order valence-electron chi connectivity index (χ2n) is 4.96. The summed E-state index contributed by atoms with van der Waals surface area (Å²) >= 11 is 0. The highest BCUT2D eigenvalue weighted by atomic mass is 16.5. The van der Waals surface area contributed by atoms with Gasteiger partial charge in [-0.2, -0.15) is 0 Å². The van der Waals surface area contributed by atoms with Gasteiger partial charge in [-0.1, -0.05) is 30.3 Å². The molecular weight excluding hydrogens is 258 g/mol. The Bertz CT molecular complexity index is 454. The molecule has 1 N–H and O–H groups in total. The summed E-state index contributed by atoms with van der Waals surface area (Å²) in [5.41, 5.74) is 0.939. The van der Waals surface area contributed by atoms with Crippen molar-refractivity contribution in [1.82, 2.24) is 4.90 Å². The first-order valence-electron chi connectivity index (χ1n) is 6.79. The number of nitrogens with zero attached hydrogens (tertiary/aromatic N) is 1. The van der Waals surface area contributed by atoms with Crippen molar-refractivity contribution < 1.29 is 19.4 Å². The molecule has 0 atom stereocenters. The maximum absolute atomic E-state index is 12.4. The predicted molar refractivity (Wildman–Crippen MR) is 73.0 cm³/mol. The number of benzene rings is 1. The molecule has 1 aliphatic rings. The molecule has 0 saturated carbocycles. The number of hydrogen-bond acceptors (Lipinski definition) is 3. The molecule has 1 aliphatic heterocycles. The molecule has 0 bridgehead atoms. The van der Waals surface area contributed by atoms with Crippen LogP contribution in [0.2, 0.25) is 0 Å². The highest BCUT2D eigenvalue weighted by Gasteiger charge is 2.27. The molecule has 2 rings (SSSR count). The first-order valence-corrected chi connectivity index (χ1v) is 6.79. The first kappa shape index (κ1) is 14.5. The van der Waals surface area contributed by atoms with Gasteiger partial charge in [0.05, 0.1) is 0 Å². The number of rotatable bonds is 5. The summed E-state index contributed by atoms with van der Waals surface area (Å²) in [5, 5.41) is 8.99. The molecule has 1 aromatic rings. The van der Waals surface area contributed by atoms with E-state index in [9.17, 15) is 9.59 Å².